The van der Waals surface area contributed by atoms with Crippen LogP contribution < -0.4 is 10.1 Å². The topological polar surface area (TPSA) is 51.5 Å². The lowest BCUT2D eigenvalue weighted by Crippen LogP contribution is -2.27. The Kier molecular flexibility index (Phi) is 3.96. The Labute approximate surface area is 103 Å². The van der Waals surface area contributed by atoms with Crippen LogP contribution in [0.3, 0.4) is 0 Å². The molecule has 5 heteroatoms. The molecule has 1 N–H and O–H groups in total. The molecule has 0 saturated carbocycles. The number of carbonyl (C=O) groups excluding carboxylic acids is 1. The lowest BCUT2D eigenvalue weighted by molar-refractivity contribution is 0.0946. The highest BCUT2D eigenvalue weighted by atomic mass is 19.1. The number of furan rings is 1. The fraction of sp³-hybridized carbons (Fsp3) is 0.154. The third-order valence-electron chi connectivity index (χ3n) is 2.27. The van der Waals surface area contributed by atoms with E-state index in [-0.39, 0.29) is 18.3 Å². The highest BCUT2D eigenvalue weighted by molar-refractivity contribution is 5.93. The minimum atomic E-state index is -0.418. The third kappa shape index (κ3) is 3.10. The number of hydrogen-bond donors (Lipinski definition) is 1. The number of halogens is 1. The fourth-order valence-electron chi connectivity index (χ4n) is 1.38. The molecule has 2 rings (SSSR count). The smallest absolute Gasteiger partial charge is 0.254 e. The van der Waals surface area contributed by atoms with E-state index in [1.807, 2.05) is 0 Å². The number of nitrogens with one attached hydrogen (secondary N) is 1. The van der Waals surface area contributed by atoms with Gasteiger partial charge >= 0.3 is 0 Å². The number of hydrogen-bond acceptors (Lipinski definition) is 3. The lowest BCUT2D eigenvalue weighted by atomic mass is 10.3. The summed E-state index contributed by atoms with van der Waals surface area (Å²) in [5.41, 5.74) is 0.445. The Morgan fingerprint density at radius 1 is 1.33 bits per heavy atom. The van der Waals surface area contributed by atoms with E-state index in [0.29, 0.717) is 12.1 Å². The standard InChI is InChI=1S/C13H12FNO3/c14-11-3-1-2-4-12(11)18-8-6-15-13(16)10-5-7-17-9-10/h1-5,7,9H,6,8H2,(H,15,16). The van der Waals surface area contributed by atoms with Crippen molar-refractivity contribution in [2.24, 2.45) is 0 Å². The van der Waals surface area contributed by atoms with Crippen molar-refractivity contribution in [3.05, 3.63) is 54.2 Å². The first-order valence-corrected chi connectivity index (χ1v) is 5.45. The molecule has 0 aliphatic carbocycles. The average Bonchev–Trinajstić information content (AvgIpc) is 2.90. The van der Waals surface area contributed by atoms with Crippen LogP contribution in [0, 0.1) is 5.82 Å². The average molecular weight is 249 g/mol. The van der Waals surface area contributed by atoms with Crippen LogP contribution in [0.2, 0.25) is 0 Å². The summed E-state index contributed by atoms with van der Waals surface area (Å²) in [5.74, 6) is -0.491. The van der Waals surface area contributed by atoms with Crippen LogP contribution in [0.15, 0.2) is 47.3 Å². The molecule has 0 fully saturated rings. The van der Waals surface area contributed by atoms with Gasteiger partial charge in [0.15, 0.2) is 11.6 Å². The van der Waals surface area contributed by atoms with Crippen molar-refractivity contribution in [1.82, 2.24) is 5.32 Å². The largest absolute Gasteiger partial charge is 0.489 e. The molecule has 94 valence electrons. The summed E-state index contributed by atoms with van der Waals surface area (Å²) in [6.07, 6.45) is 2.78. The van der Waals surface area contributed by atoms with Crippen LogP contribution >= 0.6 is 0 Å². The predicted molar refractivity (Wildman–Crippen MR) is 62.9 cm³/mol. The zero-order valence-electron chi connectivity index (χ0n) is 9.56. The molecule has 4 nitrogen and oxygen atoms in total. The molecule has 1 amide bonds. The normalized spacial score (nSPS) is 10.1. The van der Waals surface area contributed by atoms with Gasteiger partial charge in [0.05, 0.1) is 18.4 Å². The SMILES string of the molecule is O=C(NCCOc1ccccc1F)c1ccoc1. The van der Waals surface area contributed by atoms with Crippen molar-refractivity contribution in [3.8, 4) is 5.75 Å². The molecule has 0 aliphatic rings. The molecule has 0 atom stereocenters. The summed E-state index contributed by atoms with van der Waals surface area (Å²) < 4.78 is 23.2. The molecule has 18 heavy (non-hydrogen) atoms. The van der Waals surface area contributed by atoms with Gasteiger partial charge in [-0.05, 0) is 18.2 Å². The maximum Gasteiger partial charge on any atom is 0.254 e. The maximum absolute atomic E-state index is 13.2. The van der Waals surface area contributed by atoms with Gasteiger partial charge in [-0.2, -0.15) is 0 Å². The lowest BCUT2D eigenvalue weighted by Gasteiger charge is -2.07. The Balaban J connectivity index is 1.74. The van der Waals surface area contributed by atoms with Crippen LogP contribution in [-0.4, -0.2) is 19.1 Å². The van der Waals surface area contributed by atoms with Gasteiger partial charge in [0.1, 0.15) is 12.9 Å². The van der Waals surface area contributed by atoms with Gasteiger partial charge in [0.2, 0.25) is 0 Å². The Hall–Kier alpha value is -2.30. The summed E-state index contributed by atoms with van der Waals surface area (Å²) in [6.45, 7) is 0.489. The number of rotatable bonds is 5. The second-order valence-corrected chi connectivity index (χ2v) is 3.55. The molecule has 0 unspecified atom stereocenters. The van der Waals surface area contributed by atoms with E-state index >= 15 is 0 Å². The van der Waals surface area contributed by atoms with Gasteiger partial charge in [0.25, 0.3) is 5.91 Å². The first-order chi connectivity index (χ1) is 8.77. The summed E-state index contributed by atoms with van der Waals surface area (Å²) >= 11 is 0. The molecule has 0 saturated heterocycles. The Morgan fingerprint density at radius 3 is 2.89 bits per heavy atom. The van der Waals surface area contributed by atoms with Gasteiger partial charge in [-0.3, -0.25) is 4.79 Å². The van der Waals surface area contributed by atoms with Gasteiger partial charge in [-0.25, -0.2) is 4.39 Å². The van der Waals surface area contributed by atoms with Crippen LogP contribution in [0.5, 0.6) is 5.75 Å². The third-order valence-corrected chi connectivity index (χ3v) is 2.27. The number of benzene rings is 1. The molecule has 0 spiro atoms. The molecule has 0 radical (unpaired) electrons. The molecular weight excluding hydrogens is 237 g/mol. The summed E-state index contributed by atoms with van der Waals surface area (Å²) in [4.78, 5) is 11.5. The van der Waals surface area contributed by atoms with Crippen LogP contribution in [0.25, 0.3) is 0 Å². The van der Waals surface area contributed by atoms with E-state index in [2.05, 4.69) is 5.32 Å². The van der Waals surface area contributed by atoms with Crippen LogP contribution in [0.1, 0.15) is 10.4 Å². The van der Waals surface area contributed by atoms with Crippen LogP contribution in [-0.2, 0) is 0 Å². The number of para-hydroxylation sites is 1. The monoisotopic (exact) mass is 249 g/mol. The summed E-state index contributed by atoms with van der Waals surface area (Å²) in [7, 11) is 0. The Morgan fingerprint density at radius 2 is 2.17 bits per heavy atom. The van der Waals surface area contributed by atoms with Gasteiger partial charge in [0, 0.05) is 0 Å². The van der Waals surface area contributed by atoms with E-state index in [1.165, 1.54) is 24.7 Å². The van der Waals surface area contributed by atoms with Gasteiger partial charge < -0.3 is 14.5 Å². The molecule has 1 heterocycles. The maximum atomic E-state index is 13.2. The quantitative estimate of drug-likeness (QED) is 0.827. The van der Waals surface area contributed by atoms with Gasteiger partial charge in [-0.15, -0.1) is 0 Å². The predicted octanol–water partition coefficient (Wildman–Crippen LogP) is 2.23. The van der Waals surface area contributed by atoms with Crippen LogP contribution in [0.4, 0.5) is 4.39 Å². The van der Waals surface area contributed by atoms with Crippen molar-refractivity contribution in [3.63, 3.8) is 0 Å². The van der Waals surface area contributed by atoms with E-state index in [4.69, 9.17) is 9.15 Å². The van der Waals surface area contributed by atoms with Crippen molar-refractivity contribution in [2.75, 3.05) is 13.2 Å². The molecular formula is C13H12FNO3. The van der Waals surface area contributed by atoms with Crippen molar-refractivity contribution in [2.45, 2.75) is 0 Å². The van der Waals surface area contributed by atoms with E-state index in [9.17, 15) is 9.18 Å². The number of ether oxygens (including phenoxy) is 1. The number of amides is 1. The second kappa shape index (κ2) is 5.86. The zero-order valence-corrected chi connectivity index (χ0v) is 9.56. The highest BCUT2D eigenvalue weighted by Gasteiger charge is 2.06. The first-order valence-electron chi connectivity index (χ1n) is 5.45. The van der Waals surface area contributed by atoms with Gasteiger partial charge in [-0.1, -0.05) is 12.1 Å². The molecule has 1 aromatic heterocycles. The van der Waals surface area contributed by atoms with E-state index in [1.54, 1.807) is 18.2 Å². The van der Waals surface area contributed by atoms with Crippen molar-refractivity contribution >= 4 is 5.91 Å². The van der Waals surface area contributed by atoms with Crippen molar-refractivity contribution in [1.29, 1.82) is 0 Å². The van der Waals surface area contributed by atoms with E-state index < -0.39 is 5.82 Å². The van der Waals surface area contributed by atoms with E-state index in [0.717, 1.165) is 0 Å². The minimum Gasteiger partial charge on any atom is -0.489 e. The molecule has 0 bridgehead atoms. The molecule has 0 aliphatic heterocycles. The minimum absolute atomic E-state index is 0.176. The summed E-state index contributed by atoms with van der Waals surface area (Å²) in [5, 5.41) is 2.63. The Bertz CT molecular complexity index is 511. The first kappa shape index (κ1) is 12.2. The summed E-state index contributed by atoms with van der Waals surface area (Å²) in [6, 6.07) is 7.69. The molecule has 1 aromatic carbocycles. The van der Waals surface area contributed by atoms with Crippen molar-refractivity contribution < 1.29 is 18.3 Å². The molecule has 2 aromatic rings. The number of carbonyl (C=O) groups is 1. The second-order valence-electron chi connectivity index (χ2n) is 3.55. The zero-order chi connectivity index (χ0) is 12.8. The highest BCUT2D eigenvalue weighted by Crippen LogP contribution is 2.14. The fourth-order valence-corrected chi connectivity index (χ4v) is 1.38.